The van der Waals surface area contributed by atoms with E-state index in [1.54, 1.807) is 0 Å². The fourth-order valence-electron chi connectivity index (χ4n) is 4.96. The summed E-state index contributed by atoms with van der Waals surface area (Å²) in [5.41, 5.74) is 12.4. The third-order valence-corrected chi connectivity index (χ3v) is 7.25. The molecule has 4 N–H and O–H groups in total. The number of piperazine rings is 1. The molecule has 8 nitrogen and oxygen atoms in total. The van der Waals surface area contributed by atoms with Crippen LogP contribution in [0.5, 0.6) is 0 Å². The number of benzene rings is 1. The Morgan fingerprint density at radius 2 is 1.79 bits per heavy atom. The van der Waals surface area contributed by atoms with Crippen LogP contribution in [0.15, 0.2) is 24.3 Å². The molecule has 2 fully saturated rings. The van der Waals surface area contributed by atoms with Gasteiger partial charge in [0.1, 0.15) is 0 Å². The minimum atomic E-state index is -0.730. The van der Waals surface area contributed by atoms with Gasteiger partial charge >= 0.3 is 0 Å². The van der Waals surface area contributed by atoms with Crippen LogP contribution in [0, 0.1) is 0 Å². The van der Waals surface area contributed by atoms with E-state index >= 15 is 0 Å². The summed E-state index contributed by atoms with van der Waals surface area (Å²) < 4.78 is 0. The van der Waals surface area contributed by atoms with Crippen molar-refractivity contribution in [3.63, 3.8) is 0 Å². The van der Waals surface area contributed by atoms with Crippen LogP contribution in [-0.4, -0.2) is 70.5 Å². The fourth-order valence-corrected chi connectivity index (χ4v) is 5.34. The molecule has 33 heavy (non-hydrogen) atoms. The molecule has 4 rings (SSSR count). The number of likely N-dealkylation sites (tertiary alicyclic amines) is 1. The normalized spacial score (nSPS) is 20.8. The molecule has 1 atom stereocenters. The lowest BCUT2D eigenvalue weighted by molar-refractivity contribution is 0.0610. The minimum absolute atomic E-state index is 0.0189. The number of aromatic nitrogens is 2. The highest BCUT2D eigenvalue weighted by atomic mass is 35.5. The molecule has 178 valence electrons. The average Bonchev–Trinajstić information content (AvgIpc) is 2.82. The van der Waals surface area contributed by atoms with Gasteiger partial charge in [-0.05, 0) is 50.0 Å². The van der Waals surface area contributed by atoms with Crippen molar-refractivity contribution in [1.29, 1.82) is 0 Å². The fraction of sp³-hybridized carbons (Fsp3) is 0.522. The number of rotatable bonds is 6. The maximum atomic E-state index is 11.5. The molecular formula is C23H31Cl2N7O. The molecular weight excluding hydrogens is 461 g/mol. The number of amides is 1. The minimum Gasteiger partial charge on any atom is -0.382 e. The Labute approximate surface area is 204 Å². The highest BCUT2D eigenvalue weighted by Gasteiger charge is 2.34. The Morgan fingerprint density at radius 1 is 1.09 bits per heavy atom. The van der Waals surface area contributed by atoms with Crippen molar-refractivity contribution in [2.24, 2.45) is 5.73 Å². The van der Waals surface area contributed by atoms with Crippen LogP contribution < -0.4 is 16.4 Å². The summed E-state index contributed by atoms with van der Waals surface area (Å²) in [6.45, 7) is 7.87. The van der Waals surface area contributed by atoms with Crippen LogP contribution in [0.4, 0.5) is 11.6 Å². The summed E-state index contributed by atoms with van der Waals surface area (Å²) in [7, 11) is 0. The molecule has 1 aromatic carbocycles. The topological polar surface area (TPSA) is 105 Å². The highest BCUT2D eigenvalue weighted by Crippen LogP contribution is 2.30. The van der Waals surface area contributed by atoms with Crippen LogP contribution in [0.1, 0.15) is 42.2 Å². The van der Waals surface area contributed by atoms with Gasteiger partial charge in [-0.3, -0.25) is 14.6 Å². The van der Waals surface area contributed by atoms with Crippen molar-refractivity contribution in [3.05, 3.63) is 45.7 Å². The van der Waals surface area contributed by atoms with E-state index in [1.165, 1.54) is 5.56 Å². The SMILES string of the molecule is CC[C@@H]1CN(c2nc(N)c(C(N)=O)nc2Cl)CCN1C1CCN(Cc2ccc(Cl)cc2)CC1. The van der Waals surface area contributed by atoms with Gasteiger partial charge in [0.15, 0.2) is 22.5 Å². The van der Waals surface area contributed by atoms with E-state index in [1.807, 2.05) is 12.1 Å². The predicted octanol–water partition coefficient (Wildman–Crippen LogP) is 3.03. The summed E-state index contributed by atoms with van der Waals surface area (Å²) in [5, 5.41) is 0.942. The smallest absolute Gasteiger partial charge is 0.271 e. The maximum Gasteiger partial charge on any atom is 0.271 e. The molecule has 2 saturated heterocycles. The van der Waals surface area contributed by atoms with Gasteiger partial charge in [0.2, 0.25) is 0 Å². The molecule has 1 amide bonds. The zero-order chi connectivity index (χ0) is 23.5. The number of nitrogen functional groups attached to an aromatic ring is 1. The van der Waals surface area contributed by atoms with Gasteiger partial charge in [-0.25, -0.2) is 9.97 Å². The number of carbonyl (C=O) groups is 1. The maximum absolute atomic E-state index is 11.5. The van der Waals surface area contributed by atoms with Crippen LogP contribution in [0.3, 0.4) is 0 Å². The number of primary amides is 1. The van der Waals surface area contributed by atoms with Crippen molar-refractivity contribution >= 4 is 40.7 Å². The van der Waals surface area contributed by atoms with Gasteiger partial charge in [-0.1, -0.05) is 42.3 Å². The molecule has 1 aromatic heterocycles. The van der Waals surface area contributed by atoms with Crippen molar-refractivity contribution in [2.75, 3.05) is 43.4 Å². The molecule has 0 radical (unpaired) electrons. The Bertz CT molecular complexity index is 980. The third-order valence-electron chi connectivity index (χ3n) is 6.74. The highest BCUT2D eigenvalue weighted by molar-refractivity contribution is 6.32. The van der Waals surface area contributed by atoms with Crippen molar-refractivity contribution < 1.29 is 4.79 Å². The van der Waals surface area contributed by atoms with Gasteiger partial charge in [0.25, 0.3) is 5.91 Å². The molecule has 3 heterocycles. The molecule has 2 aliphatic rings. The molecule has 0 bridgehead atoms. The Hall–Kier alpha value is -2.13. The van der Waals surface area contributed by atoms with E-state index in [4.69, 9.17) is 34.7 Å². The average molecular weight is 492 g/mol. The largest absolute Gasteiger partial charge is 0.382 e. The molecule has 2 aromatic rings. The first-order valence-electron chi connectivity index (χ1n) is 11.5. The second-order valence-corrected chi connectivity index (χ2v) is 9.61. The van der Waals surface area contributed by atoms with Crippen LogP contribution in [-0.2, 0) is 6.54 Å². The first-order chi connectivity index (χ1) is 15.9. The second kappa shape index (κ2) is 10.4. The number of anilines is 2. The Morgan fingerprint density at radius 3 is 2.42 bits per heavy atom. The summed E-state index contributed by atoms with van der Waals surface area (Å²) in [5.74, 6) is -0.187. The summed E-state index contributed by atoms with van der Waals surface area (Å²) in [6, 6.07) is 9.10. The monoisotopic (exact) mass is 491 g/mol. The van der Waals surface area contributed by atoms with E-state index in [0.29, 0.717) is 17.9 Å². The number of nitrogens with zero attached hydrogens (tertiary/aromatic N) is 5. The quantitative estimate of drug-likeness (QED) is 0.639. The summed E-state index contributed by atoms with van der Waals surface area (Å²) in [6.07, 6.45) is 3.34. The molecule has 2 aliphatic heterocycles. The molecule has 0 aliphatic carbocycles. The van der Waals surface area contributed by atoms with Crippen molar-refractivity contribution in [3.8, 4) is 0 Å². The number of nitrogens with two attached hydrogens (primary N) is 2. The van der Waals surface area contributed by atoms with Crippen LogP contribution in [0.2, 0.25) is 10.2 Å². The Balaban J connectivity index is 1.36. The summed E-state index contributed by atoms with van der Waals surface area (Å²) in [4.78, 5) is 27.2. The third kappa shape index (κ3) is 5.51. The Kier molecular flexibility index (Phi) is 7.58. The number of carbonyl (C=O) groups excluding carboxylic acids is 1. The molecule has 0 unspecified atom stereocenters. The standard InChI is InChI=1S/C23H31Cl2N7O/c1-2-17-14-31(23-20(25)28-19(22(27)33)21(26)29-23)11-12-32(17)18-7-9-30(10-8-18)13-15-3-5-16(24)6-4-15/h3-6,17-18H,2,7-14H2,1H3,(H2,26,29)(H2,27,33)/t17-/m1/s1. The van der Waals surface area contributed by atoms with Gasteiger partial charge in [0.05, 0.1) is 0 Å². The van der Waals surface area contributed by atoms with Gasteiger partial charge in [0, 0.05) is 43.3 Å². The first kappa shape index (κ1) is 24.0. The van der Waals surface area contributed by atoms with Crippen molar-refractivity contribution in [1.82, 2.24) is 19.8 Å². The second-order valence-electron chi connectivity index (χ2n) is 8.82. The molecule has 0 spiro atoms. The lowest BCUT2D eigenvalue weighted by Gasteiger charge is -2.47. The van der Waals surface area contributed by atoms with E-state index in [9.17, 15) is 4.79 Å². The van der Waals surface area contributed by atoms with Crippen LogP contribution >= 0.6 is 23.2 Å². The van der Waals surface area contributed by atoms with Crippen LogP contribution in [0.25, 0.3) is 0 Å². The number of hydrogen-bond donors (Lipinski definition) is 2. The predicted molar refractivity (Wildman–Crippen MR) is 133 cm³/mol. The van der Waals surface area contributed by atoms with Crippen molar-refractivity contribution in [2.45, 2.75) is 44.8 Å². The molecule has 10 heteroatoms. The summed E-state index contributed by atoms with van der Waals surface area (Å²) >= 11 is 12.4. The van der Waals surface area contributed by atoms with Gasteiger partial charge in [-0.2, -0.15) is 0 Å². The van der Waals surface area contributed by atoms with E-state index in [2.05, 4.69) is 43.7 Å². The lowest BCUT2D eigenvalue weighted by Crippen LogP contribution is -2.58. The lowest BCUT2D eigenvalue weighted by atomic mass is 9.98. The first-order valence-corrected chi connectivity index (χ1v) is 12.2. The van der Waals surface area contributed by atoms with E-state index in [0.717, 1.165) is 63.6 Å². The zero-order valence-corrected chi connectivity index (χ0v) is 20.4. The van der Waals surface area contributed by atoms with E-state index in [-0.39, 0.29) is 16.7 Å². The van der Waals surface area contributed by atoms with E-state index < -0.39 is 5.91 Å². The zero-order valence-electron chi connectivity index (χ0n) is 18.9. The van der Waals surface area contributed by atoms with Gasteiger partial charge < -0.3 is 16.4 Å². The number of hydrogen-bond acceptors (Lipinski definition) is 7. The molecule has 0 saturated carbocycles. The van der Waals surface area contributed by atoms with Gasteiger partial charge in [-0.15, -0.1) is 0 Å². The number of piperidine rings is 1. The number of halogens is 2.